The number of hydrogen-bond donors (Lipinski definition) is 1. The summed E-state index contributed by atoms with van der Waals surface area (Å²) in [6, 6.07) is -0.973. The zero-order valence-corrected chi connectivity index (χ0v) is 9.71. The molecule has 1 heterocycles. The van der Waals surface area contributed by atoms with Crippen molar-refractivity contribution in [2.45, 2.75) is 35.7 Å². The predicted octanol–water partition coefficient (Wildman–Crippen LogP) is 2.22. The highest BCUT2D eigenvalue weighted by atomic mass is 32.2. The lowest BCUT2D eigenvalue weighted by Gasteiger charge is -2.21. The molecule has 15 heavy (non-hydrogen) atoms. The topological polar surface area (TPSA) is 51.8 Å². The highest BCUT2D eigenvalue weighted by molar-refractivity contribution is 8.01. The fourth-order valence-electron chi connectivity index (χ4n) is 0.907. The van der Waals surface area contributed by atoms with Crippen molar-refractivity contribution in [3.8, 4) is 0 Å². The molecule has 0 aromatic carbocycles. The van der Waals surface area contributed by atoms with Crippen molar-refractivity contribution >= 4 is 23.3 Å². The van der Waals surface area contributed by atoms with Gasteiger partial charge in [0.2, 0.25) is 0 Å². The largest absolute Gasteiger partial charge is 0.402 e. The van der Waals surface area contributed by atoms with Crippen LogP contribution in [0.3, 0.4) is 0 Å². The van der Waals surface area contributed by atoms with Gasteiger partial charge in [0.1, 0.15) is 11.1 Å². The van der Waals surface area contributed by atoms with Gasteiger partial charge in [0.05, 0.1) is 0 Å². The summed E-state index contributed by atoms with van der Waals surface area (Å²) in [6.45, 7) is 2.97. The third-order valence-electron chi connectivity index (χ3n) is 1.54. The van der Waals surface area contributed by atoms with E-state index in [1.807, 2.05) is 0 Å². The summed E-state index contributed by atoms with van der Waals surface area (Å²) in [7, 11) is 0. The Balaban J connectivity index is 2.76. The van der Waals surface area contributed by atoms with E-state index >= 15 is 0 Å². The summed E-state index contributed by atoms with van der Waals surface area (Å²) >= 11 is 1.58. The van der Waals surface area contributed by atoms with Crippen LogP contribution < -0.4 is 5.73 Å². The van der Waals surface area contributed by atoms with Gasteiger partial charge in [0.15, 0.2) is 4.34 Å². The van der Waals surface area contributed by atoms with Crippen LogP contribution in [0.25, 0.3) is 0 Å². The molecule has 1 aromatic rings. The van der Waals surface area contributed by atoms with Gasteiger partial charge in [-0.15, -0.1) is 0 Å². The molecular formula is C7H10F3N3S2. The quantitative estimate of drug-likeness (QED) is 0.844. The molecule has 0 spiro atoms. The Morgan fingerprint density at radius 1 is 1.47 bits per heavy atom. The van der Waals surface area contributed by atoms with Crippen molar-refractivity contribution in [1.82, 2.24) is 9.36 Å². The minimum Gasteiger partial charge on any atom is -0.327 e. The lowest BCUT2D eigenvalue weighted by molar-refractivity contribution is -0.131. The highest BCUT2D eigenvalue weighted by Crippen LogP contribution is 2.37. The summed E-state index contributed by atoms with van der Waals surface area (Å²) in [5.41, 5.74) is 5.29. The van der Waals surface area contributed by atoms with Gasteiger partial charge >= 0.3 is 6.18 Å². The van der Waals surface area contributed by atoms with E-state index in [1.54, 1.807) is 6.92 Å². The summed E-state index contributed by atoms with van der Waals surface area (Å²) in [5, 5.41) is -1.63. The molecular weight excluding hydrogens is 247 g/mol. The Morgan fingerprint density at radius 3 is 2.40 bits per heavy atom. The van der Waals surface area contributed by atoms with Gasteiger partial charge in [-0.3, -0.25) is 0 Å². The van der Waals surface area contributed by atoms with Crippen LogP contribution in [0.5, 0.6) is 0 Å². The van der Waals surface area contributed by atoms with E-state index in [2.05, 4.69) is 9.36 Å². The molecule has 0 amide bonds. The standard InChI is InChI=1S/C7H10F3N3S2/c1-3(11)5(7(8,9)10)14-6-12-4(2)13-15-6/h3,5H,11H2,1-2H3. The SMILES string of the molecule is Cc1nsc(SC(C(C)N)C(F)(F)F)n1. The van der Waals surface area contributed by atoms with E-state index in [4.69, 9.17) is 5.73 Å². The Labute approximate surface area is 93.4 Å². The van der Waals surface area contributed by atoms with Crippen molar-refractivity contribution in [1.29, 1.82) is 0 Å². The molecule has 0 saturated heterocycles. The van der Waals surface area contributed by atoms with Crippen molar-refractivity contribution in [3.63, 3.8) is 0 Å². The number of aromatic nitrogens is 2. The van der Waals surface area contributed by atoms with Crippen LogP contribution in [-0.4, -0.2) is 26.8 Å². The average molecular weight is 257 g/mol. The van der Waals surface area contributed by atoms with Crippen LogP contribution in [0.2, 0.25) is 0 Å². The highest BCUT2D eigenvalue weighted by Gasteiger charge is 2.43. The van der Waals surface area contributed by atoms with Gasteiger partial charge in [-0.25, -0.2) is 4.98 Å². The first-order valence-electron chi connectivity index (χ1n) is 4.10. The van der Waals surface area contributed by atoms with Gasteiger partial charge in [0, 0.05) is 6.04 Å². The molecule has 2 atom stereocenters. The van der Waals surface area contributed by atoms with Crippen molar-refractivity contribution < 1.29 is 13.2 Å². The minimum atomic E-state index is -4.32. The maximum absolute atomic E-state index is 12.5. The van der Waals surface area contributed by atoms with Crippen LogP contribution in [-0.2, 0) is 0 Å². The summed E-state index contributed by atoms with van der Waals surface area (Å²) < 4.78 is 41.7. The van der Waals surface area contributed by atoms with E-state index in [9.17, 15) is 13.2 Å². The number of halogens is 3. The summed E-state index contributed by atoms with van der Waals surface area (Å²) in [5.74, 6) is 0.480. The average Bonchev–Trinajstić information content (AvgIpc) is 2.44. The van der Waals surface area contributed by atoms with E-state index in [1.165, 1.54) is 6.92 Å². The number of nitrogens with two attached hydrogens (primary N) is 1. The molecule has 2 N–H and O–H groups in total. The number of nitrogens with zero attached hydrogens (tertiary/aromatic N) is 2. The number of thioether (sulfide) groups is 1. The first kappa shape index (κ1) is 12.7. The molecule has 0 aliphatic heterocycles. The minimum absolute atomic E-state index is 0.298. The molecule has 2 unspecified atom stereocenters. The monoisotopic (exact) mass is 257 g/mol. The zero-order chi connectivity index (χ0) is 11.6. The Hall–Kier alpha value is -0.340. The second kappa shape index (κ2) is 4.67. The third kappa shape index (κ3) is 3.62. The van der Waals surface area contributed by atoms with Crippen LogP contribution in [0.1, 0.15) is 12.7 Å². The fourth-order valence-corrected chi connectivity index (χ4v) is 2.68. The molecule has 0 fully saturated rings. The molecule has 0 saturated carbocycles. The van der Waals surface area contributed by atoms with Crippen LogP contribution in [0.15, 0.2) is 4.34 Å². The molecule has 1 aromatic heterocycles. The molecule has 86 valence electrons. The van der Waals surface area contributed by atoms with Gasteiger partial charge < -0.3 is 5.73 Å². The van der Waals surface area contributed by atoms with Crippen LogP contribution in [0.4, 0.5) is 13.2 Å². The lowest BCUT2D eigenvalue weighted by Crippen LogP contribution is -2.40. The van der Waals surface area contributed by atoms with Crippen LogP contribution >= 0.6 is 23.3 Å². The molecule has 3 nitrogen and oxygen atoms in total. The van der Waals surface area contributed by atoms with E-state index in [-0.39, 0.29) is 0 Å². The molecule has 0 aliphatic rings. The van der Waals surface area contributed by atoms with E-state index < -0.39 is 17.5 Å². The zero-order valence-electron chi connectivity index (χ0n) is 8.08. The van der Waals surface area contributed by atoms with Gasteiger partial charge in [0.25, 0.3) is 0 Å². The normalized spacial score (nSPS) is 16.4. The van der Waals surface area contributed by atoms with Crippen molar-refractivity contribution in [2.24, 2.45) is 5.73 Å². The number of hydrogen-bond acceptors (Lipinski definition) is 5. The maximum atomic E-state index is 12.5. The predicted molar refractivity (Wildman–Crippen MR) is 54.0 cm³/mol. The van der Waals surface area contributed by atoms with E-state index in [0.717, 1.165) is 11.5 Å². The summed E-state index contributed by atoms with van der Waals surface area (Å²) in [6.07, 6.45) is -4.32. The fraction of sp³-hybridized carbons (Fsp3) is 0.714. The van der Waals surface area contributed by atoms with Crippen molar-refractivity contribution in [3.05, 3.63) is 5.82 Å². The Bertz CT molecular complexity index is 324. The second-order valence-corrected chi connectivity index (χ2v) is 5.19. The number of aryl methyl sites for hydroxylation is 1. The molecule has 8 heteroatoms. The molecule has 0 aliphatic carbocycles. The van der Waals surface area contributed by atoms with E-state index in [0.29, 0.717) is 21.9 Å². The smallest absolute Gasteiger partial charge is 0.327 e. The molecule has 0 bridgehead atoms. The van der Waals surface area contributed by atoms with Gasteiger partial charge in [-0.2, -0.15) is 17.5 Å². The summed E-state index contributed by atoms with van der Waals surface area (Å²) in [4.78, 5) is 3.86. The van der Waals surface area contributed by atoms with Gasteiger partial charge in [-0.1, -0.05) is 11.8 Å². The van der Waals surface area contributed by atoms with Crippen LogP contribution in [0, 0.1) is 6.92 Å². The molecule has 0 radical (unpaired) electrons. The second-order valence-electron chi connectivity index (χ2n) is 3.05. The maximum Gasteiger partial charge on any atom is 0.402 e. The van der Waals surface area contributed by atoms with Gasteiger partial charge in [-0.05, 0) is 25.4 Å². The molecule has 1 rings (SSSR count). The first-order chi connectivity index (χ1) is 6.80. The lowest BCUT2D eigenvalue weighted by atomic mass is 10.2. The number of rotatable bonds is 3. The third-order valence-corrected chi connectivity index (χ3v) is 3.90. The number of alkyl halides is 3. The Kier molecular flexibility index (Phi) is 3.96. The van der Waals surface area contributed by atoms with Crippen molar-refractivity contribution in [2.75, 3.05) is 0 Å². The first-order valence-corrected chi connectivity index (χ1v) is 5.75. The Morgan fingerprint density at radius 2 is 2.07 bits per heavy atom.